The molecule has 6 nitrogen and oxygen atoms in total. The van der Waals surface area contributed by atoms with Crippen LogP contribution in [0.5, 0.6) is 11.5 Å². The molecule has 25 heavy (non-hydrogen) atoms. The number of methoxy groups -OCH3 is 2. The van der Waals surface area contributed by atoms with E-state index in [4.69, 9.17) is 9.47 Å². The van der Waals surface area contributed by atoms with E-state index in [2.05, 4.69) is 11.8 Å². The molecular formula is C19H22N2O4. The van der Waals surface area contributed by atoms with Gasteiger partial charge >= 0.3 is 0 Å². The molecule has 2 amide bonds. The van der Waals surface area contributed by atoms with Crippen molar-refractivity contribution in [3.05, 3.63) is 23.3 Å². The van der Waals surface area contributed by atoms with Crippen molar-refractivity contribution < 1.29 is 19.1 Å². The minimum atomic E-state index is -0.924. The molecule has 0 unspecified atom stereocenters. The number of hydrogen-bond acceptors (Lipinski definition) is 4. The molecule has 0 aromatic heterocycles. The van der Waals surface area contributed by atoms with E-state index < -0.39 is 5.92 Å². The zero-order valence-corrected chi connectivity index (χ0v) is 14.8. The predicted octanol–water partition coefficient (Wildman–Crippen LogP) is 1.93. The zero-order valence-electron chi connectivity index (χ0n) is 14.8. The third-order valence-corrected chi connectivity index (χ3v) is 4.64. The van der Waals surface area contributed by atoms with E-state index >= 15 is 0 Å². The van der Waals surface area contributed by atoms with Crippen LogP contribution in [0.15, 0.2) is 12.1 Å². The van der Waals surface area contributed by atoms with Crippen LogP contribution in [0.25, 0.3) is 0 Å². The van der Waals surface area contributed by atoms with E-state index in [0.29, 0.717) is 35.7 Å². The summed E-state index contributed by atoms with van der Waals surface area (Å²) in [4.78, 5) is 25.9. The Balaban J connectivity index is 2.10. The second-order valence-corrected chi connectivity index (χ2v) is 6.09. The highest BCUT2D eigenvalue weighted by molar-refractivity contribution is 6.11. The summed E-state index contributed by atoms with van der Waals surface area (Å²) in [5.41, 5.74) is 1.20. The van der Waals surface area contributed by atoms with Gasteiger partial charge in [0.05, 0.1) is 19.8 Å². The summed E-state index contributed by atoms with van der Waals surface area (Å²) in [5.74, 6) is 5.33. The number of carbonyl (C=O) groups excluding carboxylic acids is 2. The Morgan fingerprint density at radius 3 is 1.92 bits per heavy atom. The Bertz CT molecular complexity index is 713. The molecule has 3 rings (SSSR count). The summed E-state index contributed by atoms with van der Waals surface area (Å²) in [6.45, 7) is 2.89. The number of fused-ring (bicyclic) bond motifs is 1. The Labute approximate surface area is 147 Å². The molecular weight excluding hydrogens is 320 g/mol. The van der Waals surface area contributed by atoms with Crippen molar-refractivity contribution in [2.24, 2.45) is 0 Å². The van der Waals surface area contributed by atoms with Gasteiger partial charge in [-0.15, -0.1) is 5.92 Å². The van der Waals surface area contributed by atoms with Gasteiger partial charge in [-0.3, -0.25) is 19.6 Å². The molecule has 1 aromatic carbocycles. The maximum absolute atomic E-state index is 13.0. The normalized spacial score (nSPS) is 17.7. The van der Waals surface area contributed by atoms with Gasteiger partial charge in [0.2, 0.25) is 0 Å². The number of carbonyl (C=O) groups is 2. The topological polar surface area (TPSA) is 59.1 Å². The lowest BCUT2D eigenvalue weighted by Crippen LogP contribution is -2.40. The first kappa shape index (κ1) is 17.2. The van der Waals surface area contributed by atoms with E-state index in [-0.39, 0.29) is 11.8 Å². The molecule has 6 heteroatoms. The molecule has 2 fully saturated rings. The zero-order chi connectivity index (χ0) is 18.0. The van der Waals surface area contributed by atoms with Crippen LogP contribution in [-0.2, 0) is 9.59 Å². The van der Waals surface area contributed by atoms with Crippen LogP contribution in [0.2, 0.25) is 0 Å². The van der Waals surface area contributed by atoms with E-state index in [1.807, 2.05) is 0 Å². The predicted molar refractivity (Wildman–Crippen MR) is 92.1 cm³/mol. The fourth-order valence-corrected chi connectivity index (χ4v) is 3.49. The van der Waals surface area contributed by atoms with Crippen LogP contribution in [0.3, 0.4) is 0 Å². The first-order valence-corrected chi connectivity index (χ1v) is 8.43. The van der Waals surface area contributed by atoms with Gasteiger partial charge in [-0.2, -0.15) is 0 Å². The Hall–Kier alpha value is -2.68. The molecule has 2 aliphatic rings. The lowest BCUT2D eigenvalue weighted by molar-refractivity contribution is -0.145. The smallest absolute Gasteiger partial charge is 0.258 e. The average molecular weight is 342 g/mol. The largest absolute Gasteiger partial charge is 0.496 e. The average Bonchev–Trinajstić information content (AvgIpc) is 2.79. The van der Waals surface area contributed by atoms with Crippen LogP contribution >= 0.6 is 0 Å². The van der Waals surface area contributed by atoms with Gasteiger partial charge < -0.3 is 9.47 Å². The molecule has 132 valence electrons. The summed E-state index contributed by atoms with van der Waals surface area (Å²) in [6.07, 6.45) is 2.83. The first-order chi connectivity index (χ1) is 12.1. The molecule has 0 aliphatic carbocycles. The van der Waals surface area contributed by atoms with Crippen molar-refractivity contribution in [2.75, 3.05) is 27.3 Å². The van der Waals surface area contributed by atoms with Gasteiger partial charge in [0.1, 0.15) is 11.5 Å². The molecule has 0 N–H and O–H groups in total. The number of ether oxygens (including phenoxy) is 2. The lowest BCUT2D eigenvalue weighted by atomic mass is 9.94. The number of amides is 2. The van der Waals surface area contributed by atoms with Crippen molar-refractivity contribution in [3.63, 3.8) is 0 Å². The van der Waals surface area contributed by atoms with Crippen LogP contribution in [0, 0.1) is 11.8 Å². The molecule has 0 spiro atoms. The first-order valence-electron chi connectivity index (χ1n) is 8.43. The summed E-state index contributed by atoms with van der Waals surface area (Å²) < 4.78 is 10.9. The molecule has 0 saturated carbocycles. The Morgan fingerprint density at radius 2 is 1.48 bits per heavy atom. The maximum atomic E-state index is 13.0. The third-order valence-electron chi connectivity index (χ3n) is 4.64. The van der Waals surface area contributed by atoms with Gasteiger partial charge in [-0.1, -0.05) is 5.92 Å². The van der Waals surface area contributed by atoms with Gasteiger partial charge in [-0.05, 0) is 38.3 Å². The van der Waals surface area contributed by atoms with Crippen LogP contribution < -0.4 is 9.47 Å². The number of hydrazine groups is 1. The van der Waals surface area contributed by atoms with Crippen LogP contribution in [0.1, 0.15) is 43.2 Å². The number of nitrogens with zero attached hydrogens (tertiary/aromatic N) is 2. The highest BCUT2D eigenvalue weighted by atomic mass is 16.5. The van der Waals surface area contributed by atoms with Gasteiger partial charge in [-0.25, -0.2) is 0 Å². The fraction of sp³-hybridized carbons (Fsp3) is 0.474. The van der Waals surface area contributed by atoms with Crippen molar-refractivity contribution in [3.8, 4) is 23.3 Å². The summed E-state index contributed by atoms with van der Waals surface area (Å²) in [5, 5.41) is 3.16. The van der Waals surface area contributed by atoms with Gasteiger partial charge in [0.15, 0.2) is 5.92 Å². The maximum Gasteiger partial charge on any atom is 0.258 e. The van der Waals surface area contributed by atoms with E-state index in [1.165, 1.54) is 14.2 Å². The standard InChI is InChI=1S/C19H22N2O4/c1-4-8-13-11-14(24-2)16(15(12-13)25-3)17-18(22)20-9-6-5-7-10-21(20)19(17)23/h11-12,17H,5-7,9-10H2,1-3H3. The van der Waals surface area contributed by atoms with Crippen LogP contribution in [-0.4, -0.2) is 49.1 Å². The molecule has 2 aliphatic heterocycles. The number of benzene rings is 1. The van der Waals surface area contributed by atoms with Crippen molar-refractivity contribution >= 4 is 11.8 Å². The van der Waals surface area contributed by atoms with E-state index in [0.717, 1.165) is 19.3 Å². The van der Waals surface area contributed by atoms with Crippen LogP contribution in [0.4, 0.5) is 0 Å². The molecule has 1 aromatic rings. The molecule has 0 bridgehead atoms. The summed E-state index contributed by atoms with van der Waals surface area (Å²) in [7, 11) is 3.04. The Kier molecular flexibility index (Phi) is 4.84. The second-order valence-electron chi connectivity index (χ2n) is 6.09. The third kappa shape index (κ3) is 2.91. The quantitative estimate of drug-likeness (QED) is 0.622. The van der Waals surface area contributed by atoms with Gasteiger partial charge in [0, 0.05) is 18.7 Å². The highest BCUT2D eigenvalue weighted by Gasteiger charge is 2.48. The molecule has 0 radical (unpaired) electrons. The second kappa shape index (κ2) is 7.06. The monoisotopic (exact) mass is 342 g/mol. The van der Waals surface area contributed by atoms with E-state index in [1.54, 1.807) is 29.1 Å². The minimum Gasteiger partial charge on any atom is -0.496 e. The van der Waals surface area contributed by atoms with Crippen molar-refractivity contribution in [1.29, 1.82) is 0 Å². The Morgan fingerprint density at radius 1 is 0.960 bits per heavy atom. The molecule has 2 saturated heterocycles. The van der Waals surface area contributed by atoms with Crippen molar-refractivity contribution in [1.82, 2.24) is 10.0 Å². The summed E-state index contributed by atoms with van der Waals surface area (Å²) in [6, 6.07) is 3.49. The molecule has 2 heterocycles. The minimum absolute atomic E-state index is 0.210. The SMILES string of the molecule is CC#Cc1cc(OC)c(C2C(=O)N3CCCCCN3C2=O)c(OC)c1. The number of rotatable bonds is 3. The fourth-order valence-electron chi connectivity index (χ4n) is 3.49. The highest BCUT2D eigenvalue weighted by Crippen LogP contribution is 2.41. The number of hydrogen-bond donors (Lipinski definition) is 0. The van der Waals surface area contributed by atoms with Gasteiger partial charge in [0.25, 0.3) is 11.8 Å². The summed E-state index contributed by atoms with van der Waals surface area (Å²) >= 11 is 0. The lowest BCUT2D eigenvalue weighted by Gasteiger charge is -2.24. The van der Waals surface area contributed by atoms with Crippen molar-refractivity contribution in [2.45, 2.75) is 32.1 Å². The van der Waals surface area contributed by atoms with E-state index in [9.17, 15) is 9.59 Å². The molecule has 0 atom stereocenters.